The molecule has 0 aromatic heterocycles. The van der Waals surface area contributed by atoms with Gasteiger partial charge >= 0.3 is 0 Å². The summed E-state index contributed by atoms with van der Waals surface area (Å²) in [6, 6.07) is 12.0. The molecule has 4 heteroatoms. The Morgan fingerprint density at radius 3 is 2.64 bits per heavy atom. The Morgan fingerprint density at radius 2 is 1.95 bits per heavy atom. The molecule has 0 fully saturated rings. The highest BCUT2D eigenvalue weighted by atomic mass is 35.5. The van der Waals surface area contributed by atoms with Gasteiger partial charge in [0.15, 0.2) is 0 Å². The van der Waals surface area contributed by atoms with Crippen molar-refractivity contribution in [2.75, 3.05) is 7.11 Å². The highest BCUT2D eigenvalue weighted by Crippen LogP contribution is 2.34. The van der Waals surface area contributed by atoms with Gasteiger partial charge in [0, 0.05) is 25.1 Å². The maximum Gasteiger partial charge on any atom is 0.222 e. The molecule has 3 rings (SSSR count). The van der Waals surface area contributed by atoms with Crippen LogP contribution in [0.3, 0.4) is 0 Å². The summed E-state index contributed by atoms with van der Waals surface area (Å²) in [5, 5.41) is 0.666. The smallest absolute Gasteiger partial charge is 0.222 e. The topological polar surface area (TPSA) is 29.5 Å². The number of ether oxygens (including phenoxy) is 1. The molecule has 0 radical (unpaired) electrons. The van der Waals surface area contributed by atoms with Crippen LogP contribution in [0.15, 0.2) is 36.4 Å². The number of carbonyl (C=O) groups is 1. The van der Waals surface area contributed by atoms with Crippen LogP contribution in [0, 0.1) is 0 Å². The third-order valence-corrected chi connectivity index (χ3v) is 4.38. The summed E-state index contributed by atoms with van der Waals surface area (Å²) in [5.74, 6) is 0.940. The number of halogens is 1. The molecule has 1 heterocycles. The standard InChI is InChI=1S/C18H18ClNO2/c1-3-18(21)20-10-13-5-4-12(8-14(13)11-20)16-7-6-15(22-2)9-17(16)19/h4-9H,3,10-11H2,1-2H3. The van der Waals surface area contributed by atoms with E-state index in [2.05, 4.69) is 18.2 Å². The van der Waals surface area contributed by atoms with E-state index in [1.807, 2.05) is 30.0 Å². The number of rotatable bonds is 3. The van der Waals surface area contributed by atoms with Gasteiger partial charge in [0.25, 0.3) is 0 Å². The first-order chi connectivity index (χ1) is 10.6. The molecule has 0 saturated carbocycles. The minimum atomic E-state index is 0.195. The minimum absolute atomic E-state index is 0.195. The fraction of sp³-hybridized carbons (Fsp3) is 0.278. The number of methoxy groups -OCH3 is 1. The zero-order valence-corrected chi connectivity index (χ0v) is 13.5. The molecular weight excluding hydrogens is 298 g/mol. The van der Waals surface area contributed by atoms with E-state index in [0.717, 1.165) is 16.9 Å². The van der Waals surface area contributed by atoms with Crippen molar-refractivity contribution in [1.29, 1.82) is 0 Å². The summed E-state index contributed by atoms with van der Waals surface area (Å²) >= 11 is 6.35. The van der Waals surface area contributed by atoms with Gasteiger partial charge in [0.1, 0.15) is 5.75 Å². The van der Waals surface area contributed by atoms with Crippen molar-refractivity contribution < 1.29 is 9.53 Å². The lowest BCUT2D eigenvalue weighted by molar-refractivity contribution is -0.131. The van der Waals surface area contributed by atoms with Gasteiger partial charge in [0.05, 0.1) is 12.1 Å². The van der Waals surface area contributed by atoms with Crippen LogP contribution in [0.1, 0.15) is 24.5 Å². The second kappa shape index (κ2) is 6.01. The SMILES string of the molecule is CCC(=O)N1Cc2ccc(-c3ccc(OC)cc3Cl)cc2C1. The maximum absolute atomic E-state index is 11.9. The summed E-state index contributed by atoms with van der Waals surface area (Å²) in [7, 11) is 1.63. The van der Waals surface area contributed by atoms with E-state index in [0.29, 0.717) is 24.5 Å². The van der Waals surface area contributed by atoms with Gasteiger partial charge in [-0.3, -0.25) is 4.79 Å². The summed E-state index contributed by atoms with van der Waals surface area (Å²) in [4.78, 5) is 13.7. The van der Waals surface area contributed by atoms with E-state index in [1.54, 1.807) is 7.11 Å². The molecule has 0 unspecified atom stereocenters. The van der Waals surface area contributed by atoms with Crippen molar-refractivity contribution in [1.82, 2.24) is 4.90 Å². The van der Waals surface area contributed by atoms with Gasteiger partial charge in [0.2, 0.25) is 5.91 Å². The van der Waals surface area contributed by atoms with Crippen molar-refractivity contribution >= 4 is 17.5 Å². The van der Waals surface area contributed by atoms with Crippen LogP contribution < -0.4 is 4.74 Å². The third kappa shape index (κ3) is 2.69. The molecule has 0 N–H and O–H groups in total. The first kappa shape index (κ1) is 14.9. The van der Waals surface area contributed by atoms with Crippen LogP contribution in [0.2, 0.25) is 5.02 Å². The first-order valence-electron chi connectivity index (χ1n) is 7.36. The van der Waals surface area contributed by atoms with Crippen molar-refractivity contribution in [3.63, 3.8) is 0 Å². The lowest BCUT2D eigenvalue weighted by Crippen LogP contribution is -2.23. The van der Waals surface area contributed by atoms with Crippen LogP contribution in [0.5, 0.6) is 5.75 Å². The lowest BCUT2D eigenvalue weighted by Gasteiger charge is -2.13. The van der Waals surface area contributed by atoms with Gasteiger partial charge in [-0.25, -0.2) is 0 Å². The Labute approximate surface area is 135 Å². The van der Waals surface area contributed by atoms with Gasteiger partial charge in [-0.2, -0.15) is 0 Å². The predicted octanol–water partition coefficient (Wildman–Crippen LogP) is 4.27. The van der Waals surface area contributed by atoms with Gasteiger partial charge in [-0.15, -0.1) is 0 Å². The second-order valence-electron chi connectivity index (χ2n) is 5.43. The van der Waals surface area contributed by atoms with Crippen molar-refractivity contribution in [2.45, 2.75) is 26.4 Å². The first-order valence-corrected chi connectivity index (χ1v) is 7.73. The molecule has 0 atom stereocenters. The summed E-state index contributed by atoms with van der Waals surface area (Å²) in [6.45, 7) is 3.29. The van der Waals surface area contributed by atoms with Crippen LogP contribution in [0.4, 0.5) is 0 Å². The Hall–Kier alpha value is -2.00. The van der Waals surface area contributed by atoms with Gasteiger partial charge < -0.3 is 9.64 Å². The molecule has 0 bridgehead atoms. The zero-order chi connectivity index (χ0) is 15.7. The third-order valence-electron chi connectivity index (χ3n) is 4.07. The molecule has 2 aromatic carbocycles. The number of nitrogens with zero attached hydrogens (tertiary/aromatic N) is 1. The highest BCUT2D eigenvalue weighted by Gasteiger charge is 2.22. The summed E-state index contributed by atoms with van der Waals surface area (Å²) < 4.78 is 5.18. The Bertz CT molecular complexity index is 727. The van der Waals surface area contributed by atoms with Crippen molar-refractivity contribution in [2.24, 2.45) is 0 Å². The summed E-state index contributed by atoms with van der Waals surface area (Å²) in [6.07, 6.45) is 0.547. The van der Waals surface area contributed by atoms with Crippen molar-refractivity contribution in [3.05, 3.63) is 52.5 Å². The lowest BCUT2D eigenvalue weighted by atomic mass is 10.0. The molecule has 22 heavy (non-hydrogen) atoms. The zero-order valence-electron chi connectivity index (χ0n) is 12.7. The van der Waals surface area contributed by atoms with Crippen molar-refractivity contribution in [3.8, 4) is 16.9 Å². The Kier molecular flexibility index (Phi) is 4.08. The van der Waals surface area contributed by atoms with E-state index >= 15 is 0 Å². The summed E-state index contributed by atoms with van der Waals surface area (Å²) in [5.41, 5.74) is 4.46. The predicted molar refractivity (Wildman–Crippen MR) is 88.0 cm³/mol. The number of carbonyl (C=O) groups excluding carboxylic acids is 1. The number of fused-ring (bicyclic) bond motifs is 1. The monoisotopic (exact) mass is 315 g/mol. The van der Waals surface area contributed by atoms with E-state index in [-0.39, 0.29) is 5.91 Å². The van der Waals surface area contributed by atoms with Crippen LogP contribution >= 0.6 is 11.6 Å². The molecule has 1 aliphatic heterocycles. The van der Waals surface area contributed by atoms with E-state index in [4.69, 9.17) is 16.3 Å². The van der Waals surface area contributed by atoms with Crippen LogP contribution in [-0.2, 0) is 17.9 Å². The number of hydrogen-bond donors (Lipinski definition) is 0. The number of benzene rings is 2. The Morgan fingerprint density at radius 1 is 1.18 bits per heavy atom. The molecule has 2 aromatic rings. The molecule has 0 saturated heterocycles. The molecule has 0 spiro atoms. The maximum atomic E-state index is 11.9. The average Bonchev–Trinajstić information content (AvgIpc) is 2.97. The largest absolute Gasteiger partial charge is 0.497 e. The fourth-order valence-corrected chi connectivity index (χ4v) is 3.10. The van der Waals surface area contributed by atoms with Crippen LogP contribution in [-0.4, -0.2) is 17.9 Å². The molecule has 1 aliphatic rings. The van der Waals surface area contributed by atoms with Crippen LogP contribution in [0.25, 0.3) is 11.1 Å². The average molecular weight is 316 g/mol. The molecule has 0 aliphatic carbocycles. The molecule has 3 nitrogen and oxygen atoms in total. The molecule has 1 amide bonds. The van der Waals surface area contributed by atoms with Gasteiger partial charge in [-0.05, 0) is 41.0 Å². The minimum Gasteiger partial charge on any atom is -0.497 e. The van der Waals surface area contributed by atoms with E-state index in [1.165, 1.54) is 11.1 Å². The number of amides is 1. The quantitative estimate of drug-likeness (QED) is 0.846. The van der Waals surface area contributed by atoms with E-state index < -0.39 is 0 Å². The van der Waals surface area contributed by atoms with Gasteiger partial charge in [-0.1, -0.05) is 30.7 Å². The highest BCUT2D eigenvalue weighted by molar-refractivity contribution is 6.33. The molecule has 114 valence electrons. The molecular formula is C18H18ClNO2. The second-order valence-corrected chi connectivity index (χ2v) is 5.84. The Balaban J connectivity index is 1.92. The van der Waals surface area contributed by atoms with E-state index in [9.17, 15) is 4.79 Å². The number of hydrogen-bond acceptors (Lipinski definition) is 2. The fourth-order valence-electron chi connectivity index (χ4n) is 2.82. The normalized spacial score (nSPS) is 13.1.